The molecule has 0 heterocycles. The normalized spacial score (nSPS) is 10.0. The third-order valence-corrected chi connectivity index (χ3v) is 2.78. The summed E-state index contributed by atoms with van der Waals surface area (Å²) in [5.74, 6) is -1.88. The number of carbonyl (C=O) groups excluding carboxylic acids is 2. The van der Waals surface area contributed by atoms with E-state index >= 15 is 0 Å². The summed E-state index contributed by atoms with van der Waals surface area (Å²) in [6, 6.07) is 6.12. The Hall–Kier alpha value is -2.41. The van der Waals surface area contributed by atoms with Crippen LogP contribution in [0.1, 0.15) is 20.7 Å². The van der Waals surface area contributed by atoms with Gasteiger partial charge in [0.25, 0.3) is 11.8 Å². The van der Waals surface area contributed by atoms with Crippen LogP contribution in [0.3, 0.4) is 0 Å². The van der Waals surface area contributed by atoms with Crippen LogP contribution in [-0.2, 0) is 9.53 Å². The summed E-state index contributed by atoms with van der Waals surface area (Å²) in [5.41, 5.74) is 0.596. The topological polar surface area (TPSA) is 95.9 Å². The second-order valence-corrected chi connectivity index (χ2v) is 4.27. The highest BCUT2D eigenvalue weighted by atomic mass is 16.5. The number of nitrogens with one attached hydrogen (secondary N) is 1. The number of methoxy groups -OCH3 is 1. The maximum absolute atomic E-state index is 12.3. The molecule has 2 N–H and O–H groups in total. The van der Waals surface area contributed by atoms with Gasteiger partial charge in [0.05, 0.1) is 6.61 Å². The molecule has 0 fully saturated rings. The summed E-state index contributed by atoms with van der Waals surface area (Å²) < 4.78 is 4.87. The van der Waals surface area contributed by atoms with Gasteiger partial charge in [-0.3, -0.25) is 14.4 Å². The van der Waals surface area contributed by atoms with Crippen molar-refractivity contribution in [2.45, 2.75) is 0 Å². The van der Waals surface area contributed by atoms with Gasteiger partial charge in [0.15, 0.2) is 0 Å². The lowest BCUT2D eigenvalue weighted by atomic mass is 10.1. The molecule has 0 unspecified atom stereocenters. The predicted octanol–water partition coefficient (Wildman–Crippen LogP) is 0.219. The molecule has 7 nitrogen and oxygen atoms in total. The molecule has 1 rings (SSSR count). The van der Waals surface area contributed by atoms with Crippen LogP contribution >= 0.6 is 0 Å². The summed E-state index contributed by atoms with van der Waals surface area (Å²) in [6.45, 7) is -0.0353. The van der Waals surface area contributed by atoms with E-state index in [9.17, 15) is 14.4 Å². The average Bonchev–Trinajstić information content (AvgIpc) is 2.49. The number of benzene rings is 1. The van der Waals surface area contributed by atoms with Crippen LogP contribution in [0.5, 0.6) is 0 Å². The van der Waals surface area contributed by atoms with E-state index in [2.05, 4.69) is 5.32 Å². The molecule has 1 aromatic rings. The van der Waals surface area contributed by atoms with Gasteiger partial charge in [0.2, 0.25) is 0 Å². The molecule has 0 aromatic heterocycles. The number of rotatable bonds is 7. The number of nitrogens with zero attached hydrogens (tertiary/aromatic N) is 1. The standard InChI is InChI=1S/C14H18N2O5/c1-15-13(19)10-4-3-5-11(8-10)14(20)16(6-7-21-2)9-12(17)18/h3-5,8H,6-7,9H2,1-2H3,(H,15,19)(H,17,18). The van der Waals surface area contributed by atoms with Crippen LogP contribution in [0.15, 0.2) is 24.3 Å². The van der Waals surface area contributed by atoms with Gasteiger partial charge in [-0.25, -0.2) is 0 Å². The Bertz CT molecular complexity index is 530. The number of carboxylic acid groups (broad SMARTS) is 1. The molecular weight excluding hydrogens is 276 g/mol. The number of hydrogen-bond acceptors (Lipinski definition) is 4. The van der Waals surface area contributed by atoms with E-state index in [1.807, 2.05) is 0 Å². The van der Waals surface area contributed by atoms with E-state index in [4.69, 9.17) is 9.84 Å². The zero-order chi connectivity index (χ0) is 15.8. The fraction of sp³-hybridized carbons (Fsp3) is 0.357. The van der Waals surface area contributed by atoms with Gasteiger partial charge in [-0.1, -0.05) is 6.07 Å². The van der Waals surface area contributed by atoms with Crippen LogP contribution in [0.4, 0.5) is 0 Å². The fourth-order valence-electron chi connectivity index (χ4n) is 1.74. The maximum atomic E-state index is 12.3. The average molecular weight is 294 g/mol. The lowest BCUT2D eigenvalue weighted by molar-refractivity contribution is -0.137. The van der Waals surface area contributed by atoms with Gasteiger partial charge >= 0.3 is 5.97 Å². The molecule has 0 aliphatic rings. The zero-order valence-electron chi connectivity index (χ0n) is 12.0. The molecule has 0 aliphatic heterocycles. The number of ether oxygens (including phenoxy) is 1. The Labute approximate surface area is 122 Å². The van der Waals surface area contributed by atoms with Gasteiger partial charge in [-0.05, 0) is 18.2 Å². The lowest BCUT2D eigenvalue weighted by Crippen LogP contribution is -2.38. The van der Waals surface area contributed by atoms with Gasteiger partial charge in [0, 0.05) is 31.8 Å². The first-order valence-corrected chi connectivity index (χ1v) is 6.31. The van der Waals surface area contributed by atoms with Crippen molar-refractivity contribution in [3.63, 3.8) is 0 Å². The van der Waals surface area contributed by atoms with Crippen molar-refractivity contribution in [3.05, 3.63) is 35.4 Å². The van der Waals surface area contributed by atoms with E-state index in [1.165, 1.54) is 26.3 Å². The quantitative estimate of drug-likeness (QED) is 0.750. The first-order valence-electron chi connectivity index (χ1n) is 6.31. The number of carboxylic acids is 1. The zero-order valence-corrected chi connectivity index (χ0v) is 12.0. The number of hydrogen-bond donors (Lipinski definition) is 2. The van der Waals surface area contributed by atoms with Gasteiger partial charge < -0.3 is 20.1 Å². The molecule has 0 aliphatic carbocycles. The summed E-state index contributed by atoms with van der Waals surface area (Å²) in [5, 5.41) is 11.3. The third kappa shape index (κ3) is 4.88. The highest BCUT2D eigenvalue weighted by Crippen LogP contribution is 2.09. The number of aliphatic carboxylic acids is 1. The lowest BCUT2D eigenvalue weighted by Gasteiger charge is -2.20. The van der Waals surface area contributed by atoms with Gasteiger partial charge in [0.1, 0.15) is 6.54 Å². The monoisotopic (exact) mass is 294 g/mol. The molecular formula is C14H18N2O5. The Kier molecular flexibility index (Phi) is 6.35. The van der Waals surface area contributed by atoms with E-state index in [0.717, 1.165) is 4.90 Å². The van der Waals surface area contributed by atoms with Crippen molar-refractivity contribution in [1.29, 1.82) is 0 Å². The number of carbonyl (C=O) groups is 3. The SMILES string of the molecule is CNC(=O)c1cccc(C(=O)N(CCOC)CC(=O)O)c1. The second-order valence-electron chi connectivity index (χ2n) is 4.27. The van der Waals surface area contributed by atoms with E-state index < -0.39 is 18.4 Å². The van der Waals surface area contributed by atoms with Crippen LogP contribution in [0, 0.1) is 0 Å². The molecule has 7 heteroatoms. The third-order valence-electron chi connectivity index (χ3n) is 2.78. The summed E-state index contributed by atoms with van der Waals surface area (Å²) in [4.78, 5) is 35.9. The van der Waals surface area contributed by atoms with Crippen LogP contribution in [-0.4, -0.2) is 61.6 Å². The van der Waals surface area contributed by atoms with E-state index in [-0.39, 0.29) is 24.6 Å². The van der Waals surface area contributed by atoms with E-state index in [0.29, 0.717) is 5.56 Å². The Morgan fingerprint density at radius 1 is 1.29 bits per heavy atom. The van der Waals surface area contributed by atoms with Crippen molar-refractivity contribution in [3.8, 4) is 0 Å². The van der Waals surface area contributed by atoms with Gasteiger partial charge in [-0.2, -0.15) is 0 Å². The summed E-state index contributed by atoms with van der Waals surface area (Å²) in [6.07, 6.45) is 0. The fourth-order valence-corrected chi connectivity index (χ4v) is 1.74. The summed E-state index contributed by atoms with van der Waals surface area (Å²) >= 11 is 0. The molecule has 1 aromatic carbocycles. The van der Waals surface area contributed by atoms with Crippen molar-refractivity contribution >= 4 is 17.8 Å². The summed E-state index contributed by atoms with van der Waals surface area (Å²) in [7, 11) is 2.96. The minimum atomic E-state index is -1.11. The molecule has 21 heavy (non-hydrogen) atoms. The Morgan fingerprint density at radius 3 is 2.52 bits per heavy atom. The Balaban J connectivity index is 2.96. The van der Waals surface area contributed by atoms with Gasteiger partial charge in [-0.15, -0.1) is 0 Å². The smallest absolute Gasteiger partial charge is 0.323 e. The van der Waals surface area contributed by atoms with Crippen LogP contribution in [0.2, 0.25) is 0 Å². The largest absolute Gasteiger partial charge is 0.480 e. The minimum absolute atomic E-state index is 0.159. The van der Waals surface area contributed by atoms with Crippen LogP contribution in [0.25, 0.3) is 0 Å². The predicted molar refractivity (Wildman–Crippen MR) is 75.2 cm³/mol. The Morgan fingerprint density at radius 2 is 1.95 bits per heavy atom. The molecule has 0 saturated heterocycles. The highest BCUT2D eigenvalue weighted by Gasteiger charge is 2.19. The maximum Gasteiger partial charge on any atom is 0.323 e. The van der Waals surface area contributed by atoms with Crippen molar-refractivity contribution in [2.75, 3.05) is 33.9 Å². The van der Waals surface area contributed by atoms with Crippen LogP contribution < -0.4 is 5.32 Å². The molecule has 0 spiro atoms. The minimum Gasteiger partial charge on any atom is -0.480 e. The molecule has 2 amide bonds. The van der Waals surface area contributed by atoms with Crippen molar-refractivity contribution in [1.82, 2.24) is 10.2 Å². The van der Waals surface area contributed by atoms with E-state index in [1.54, 1.807) is 12.1 Å². The molecule has 0 saturated carbocycles. The first kappa shape index (κ1) is 16.6. The molecule has 0 atom stereocenters. The number of amides is 2. The molecule has 114 valence electrons. The molecule has 0 radical (unpaired) electrons. The first-order chi connectivity index (χ1) is 9.99. The van der Waals surface area contributed by atoms with Crippen molar-refractivity contribution in [2.24, 2.45) is 0 Å². The molecule has 0 bridgehead atoms. The van der Waals surface area contributed by atoms with Crippen molar-refractivity contribution < 1.29 is 24.2 Å². The highest BCUT2D eigenvalue weighted by molar-refractivity contribution is 6.00. The second kappa shape index (κ2) is 8.01.